The van der Waals surface area contributed by atoms with Crippen molar-refractivity contribution in [2.45, 2.75) is 52.4 Å². The van der Waals surface area contributed by atoms with Gasteiger partial charge in [0.1, 0.15) is 11.5 Å². The number of hydrogen-bond acceptors (Lipinski definition) is 5. The van der Waals surface area contributed by atoms with Crippen LogP contribution in [0.1, 0.15) is 68.6 Å². The number of rotatable bonds is 5. The molecule has 2 aromatic rings. The molecule has 5 nitrogen and oxygen atoms in total. The first-order valence-corrected chi connectivity index (χ1v) is 12.0. The summed E-state index contributed by atoms with van der Waals surface area (Å²) in [5.74, 6) is 0.776. The molecule has 1 saturated heterocycles. The molecule has 0 aromatic heterocycles. The van der Waals surface area contributed by atoms with E-state index in [-0.39, 0.29) is 22.4 Å². The fourth-order valence-electron chi connectivity index (χ4n) is 4.27. The minimum Gasteiger partial charge on any atom is -0.508 e. The number of anilines is 1. The van der Waals surface area contributed by atoms with Crippen molar-refractivity contribution < 1.29 is 14.6 Å². The van der Waals surface area contributed by atoms with Crippen LogP contribution in [0.2, 0.25) is 0 Å². The maximum Gasteiger partial charge on any atom is 0.189 e. The molecule has 2 aromatic carbocycles. The first-order chi connectivity index (χ1) is 15.8. The topological polar surface area (TPSA) is 53.0 Å². The highest BCUT2D eigenvalue weighted by Crippen LogP contribution is 2.39. The number of carbonyl (C=O) groups is 1. The molecular weight excluding hydrogens is 424 g/mol. The Kier molecular flexibility index (Phi) is 7.47. The van der Waals surface area contributed by atoms with Crippen LogP contribution in [0, 0.1) is 0 Å². The molecule has 34 heavy (non-hydrogen) atoms. The molecule has 1 aliphatic rings. The summed E-state index contributed by atoms with van der Waals surface area (Å²) >= 11 is 0. The third kappa shape index (κ3) is 5.82. The largest absolute Gasteiger partial charge is 0.508 e. The smallest absolute Gasteiger partial charge is 0.189 e. The van der Waals surface area contributed by atoms with Gasteiger partial charge in [0.15, 0.2) is 5.78 Å². The van der Waals surface area contributed by atoms with Crippen molar-refractivity contribution in [1.82, 2.24) is 4.90 Å². The molecule has 1 N–H and O–H groups in total. The molecule has 0 unspecified atom stereocenters. The van der Waals surface area contributed by atoms with Crippen LogP contribution in [0.4, 0.5) is 5.69 Å². The second-order valence-corrected chi connectivity index (χ2v) is 11.3. The summed E-state index contributed by atoms with van der Waals surface area (Å²) in [5.41, 5.74) is 4.31. The van der Waals surface area contributed by atoms with Crippen LogP contribution in [0.5, 0.6) is 11.5 Å². The van der Waals surface area contributed by atoms with Gasteiger partial charge in [-0.05, 0) is 59.4 Å². The average molecular weight is 465 g/mol. The second kappa shape index (κ2) is 9.83. The Hall–Kier alpha value is -2.79. The molecule has 1 fully saturated rings. The molecule has 0 atom stereocenters. The van der Waals surface area contributed by atoms with Gasteiger partial charge < -0.3 is 19.6 Å². The van der Waals surface area contributed by atoms with Crippen molar-refractivity contribution in [3.05, 3.63) is 58.7 Å². The van der Waals surface area contributed by atoms with Gasteiger partial charge in [0.25, 0.3) is 0 Å². The van der Waals surface area contributed by atoms with Gasteiger partial charge >= 0.3 is 0 Å². The molecule has 1 heterocycles. The van der Waals surface area contributed by atoms with E-state index in [1.807, 2.05) is 18.2 Å². The maximum atomic E-state index is 13.5. The van der Waals surface area contributed by atoms with Crippen molar-refractivity contribution in [2.24, 2.45) is 0 Å². The number of likely N-dealkylation sites (N-methyl/N-ethyl adjacent to an activating group) is 1. The van der Waals surface area contributed by atoms with Crippen molar-refractivity contribution in [2.75, 3.05) is 45.2 Å². The lowest BCUT2D eigenvalue weighted by Crippen LogP contribution is -2.44. The monoisotopic (exact) mass is 464 g/mol. The molecule has 0 spiro atoms. The molecule has 3 rings (SSSR count). The SMILES string of the molecule is COc1c(C(=O)C=Cc2ccc(O)cc2N2CCN(C)CC2)cc(C(C)(C)C)cc1C(C)(C)C. The fourth-order valence-corrected chi connectivity index (χ4v) is 4.27. The number of hydrogen-bond donors (Lipinski definition) is 1. The first kappa shape index (κ1) is 25.8. The van der Waals surface area contributed by atoms with Gasteiger partial charge in [-0.25, -0.2) is 0 Å². The lowest BCUT2D eigenvalue weighted by atomic mass is 9.78. The zero-order valence-corrected chi connectivity index (χ0v) is 22.0. The number of methoxy groups -OCH3 is 1. The van der Waals surface area contributed by atoms with Gasteiger partial charge in [-0.3, -0.25) is 4.79 Å². The summed E-state index contributed by atoms with van der Waals surface area (Å²) in [7, 11) is 3.75. The van der Waals surface area contributed by atoms with Gasteiger partial charge in [-0.1, -0.05) is 47.6 Å². The van der Waals surface area contributed by atoms with Gasteiger partial charge in [-0.15, -0.1) is 0 Å². The summed E-state index contributed by atoms with van der Waals surface area (Å²) in [6.07, 6.45) is 3.48. The zero-order chi connectivity index (χ0) is 25.3. The maximum absolute atomic E-state index is 13.5. The van der Waals surface area contributed by atoms with Crippen molar-refractivity contribution >= 4 is 17.5 Å². The fraction of sp³-hybridized carbons (Fsp3) is 0.483. The molecule has 5 heteroatoms. The third-order valence-electron chi connectivity index (χ3n) is 6.50. The van der Waals surface area contributed by atoms with E-state index in [1.54, 1.807) is 25.3 Å². The number of allylic oxidation sites excluding steroid dienone is 1. The van der Waals surface area contributed by atoms with Crippen LogP contribution < -0.4 is 9.64 Å². The molecular formula is C29H40N2O3. The second-order valence-electron chi connectivity index (χ2n) is 11.3. The predicted molar refractivity (Wildman–Crippen MR) is 142 cm³/mol. The summed E-state index contributed by atoms with van der Waals surface area (Å²) in [5, 5.41) is 10.1. The summed E-state index contributed by atoms with van der Waals surface area (Å²) in [6, 6.07) is 9.47. The minimum absolute atomic E-state index is 0.0918. The Morgan fingerprint density at radius 2 is 1.62 bits per heavy atom. The van der Waals surface area contributed by atoms with E-state index in [4.69, 9.17) is 4.74 Å². The Balaban J connectivity index is 2.03. The number of phenolic OH excluding ortho intramolecular Hbond substituents is 1. The number of nitrogens with zero attached hydrogens (tertiary/aromatic N) is 2. The zero-order valence-electron chi connectivity index (χ0n) is 22.0. The van der Waals surface area contributed by atoms with Crippen molar-refractivity contribution in [3.63, 3.8) is 0 Å². The lowest BCUT2D eigenvalue weighted by molar-refractivity contribution is 0.104. The Morgan fingerprint density at radius 3 is 2.18 bits per heavy atom. The van der Waals surface area contributed by atoms with Crippen LogP contribution in [0.25, 0.3) is 6.08 Å². The Bertz CT molecular complexity index is 1070. The highest BCUT2D eigenvalue weighted by Gasteiger charge is 2.27. The van der Waals surface area contributed by atoms with Crippen LogP contribution in [0.15, 0.2) is 36.4 Å². The molecule has 0 amide bonds. The highest BCUT2D eigenvalue weighted by atomic mass is 16.5. The predicted octanol–water partition coefficient (Wildman–Crippen LogP) is 5.64. The van der Waals surface area contributed by atoms with Crippen LogP contribution in [-0.2, 0) is 10.8 Å². The van der Waals surface area contributed by atoms with E-state index in [1.165, 1.54) is 0 Å². The highest BCUT2D eigenvalue weighted by molar-refractivity contribution is 6.09. The minimum atomic E-state index is -0.170. The average Bonchev–Trinajstić information content (AvgIpc) is 2.76. The summed E-state index contributed by atoms with van der Waals surface area (Å²) in [4.78, 5) is 18.1. The van der Waals surface area contributed by atoms with E-state index in [9.17, 15) is 9.90 Å². The first-order valence-electron chi connectivity index (χ1n) is 12.0. The number of carbonyl (C=O) groups excluding carboxylic acids is 1. The van der Waals surface area contributed by atoms with Gasteiger partial charge in [0.2, 0.25) is 0 Å². The van der Waals surface area contributed by atoms with E-state index in [2.05, 4.69) is 64.5 Å². The molecule has 184 valence electrons. The molecule has 0 saturated carbocycles. The van der Waals surface area contributed by atoms with Crippen LogP contribution in [-0.4, -0.2) is 56.1 Å². The quantitative estimate of drug-likeness (QED) is 0.458. The number of benzene rings is 2. The standard InChI is InChI=1S/C29H40N2O3/c1-28(2,3)21-17-23(27(34-8)24(18-21)29(4,5)6)26(33)12-10-20-9-11-22(32)19-25(20)31-15-13-30(7)14-16-31/h9-12,17-19,32H,13-16H2,1-8H3. The van der Waals surface area contributed by atoms with Gasteiger partial charge in [0, 0.05) is 43.5 Å². The van der Waals surface area contributed by atoms with Crippen LogP contribution >= 0.6 is 0 Å². The molecule has 0 bridgehead atoms. The number of phenols is 1. The third-order valence-corrected chi connectivity index (χ3v) is 6.50. The number of ether oxygens (including phenoxy) is 1. The van der Waals surface area contributed by atoms with E-state index in [0.29, 0.717) is 11.3 Å². The number of aromatic hydroxyl groups is 1. The van der Waals surface area contributed by atoms with Crippen LogP contribution in [0.3, 0.4) is 0 Å². The number of ketones is 1. The Morgan fingerprint density at radius 1 is 0.971 bits per heavy atom. The van der Waals surface area contributed by atoms with E-state index < -0.39 is 0 Å². The summed E-state index contributed by atoms with van der Waals surface area (Å²) in [6.45, 7) is 16.6. The Labute approximate surface area is 205 Å². The van der Waals surface area contributed by atoms with Crippen molar-refractivity contribution in [1.29, 1.82) is 0 Å². The van der Waals surface area contributed by atoms with Gasteiger partial charge in [-0.2, -0.15) is 0 Å². The lowest BCUT2D eigenvalue weighted by Gasteiger charge is -2.35. The van der Waals surface area contributed by atoms with Gasteiger partial charge in [0.05, 0.1) is 12.7 Å². The normalized spacial score (nSPS) is 15.7. The molecule has 0 radical (unpaired) electrons. The van der Waals surface area contributed by atoms with E-state index in [0.717, 1.165) is 48.6 Å². The molecule has 1 aliphatic heterocycles. The van der Waals surface area contributed by atoms with E-state index >= 15 is 0 Å². The number of piperazine rings is 1. The van der Waals surface area contributed by atoms with Crippen molar-refractivity contribution in [3.8, 4) is 11.5 Å². The molecule has 0 aliphatic carbocycles. The summed E-state index contributed by atoms with van der Waals surface area (Å²) < 4.78 is 5.79.